The molecule has 0 spiro atoms. The Kier molecular flexibility index (Phi) is 4.67. The highest BCUT2D eigenvalue weighted by atomic mass is 16.5. The Hall–Kier alpha value is -1.62. The fourth-order valence-corrected chi connectivity index (χ4v) is 1.90. The highest BCUT2D eigenvalue weighted by Crippen LogP contribution is 2.19. The van der Waals surface area contributed by atoms with Crippen LogP contribution in [-0.2, 0) is 4.74 Å². The van der Waals surface area contributed by atoms with E-state index in [4.69, 9.17) is 4.74 Å². The van der Waals surface area contributed by atoms with Crippen LogP contribution in [0.25, 0.3) is 0 Å². The topological polar surface area (TPSA) is 62.4 Å². The van der Waals surface area contributed by atoms with Crippen molar-refractivity contribution in [3.8, 4) is 0 Å². The number of rotatable bonds is 5. The van der Waals surface area contributed by atoms with Gasteiger partial charge in [-0.2, -0.15) is 0 Å². The predicted octanol–water partition coefficient (Wildman–Crippen LogP) is 1.55. The van der Waals surface area contributed by atoms with Crippen LogP contribution in [0.3, 0.4) is 0 Å². The smallest absolute Gasteiger partial charge is 0.340 e. The first kappa shape index (κ1) is 14.4. The Bertz CT molecular complexity index is 461. The Morgan fingerprint density at radius 2 is 1.89 bits per heavy atom. The standard InChI is InChI=1S/C13H20N2O3/c1-6-18-13(17)11-8(2)12(14-9(11)3)10(16)7-15(4)5/h14H,6-7H2,1-5H3. The fourth-order valence-electron chi connectivity index (χ4n) is 1.90. The van der Waals surface area contributed by atoms with Crippen LogP contribution in [0.15, 0.2) is 0 Å². The van der Waals surface area contributed by atoms with Gasteiger partial charge in [-0.15, -0.1) is 0 Å². The monoisotopic (exact) mass is 252 g/mol. The number of ether oxygens (including phenoxy) is 1. The minimum absolute atomic E-state index is 0.0313. The van der Waals surface area contributed by atoms with Gasteiger partial charge in [0.15, 0.2) is 5.78 Å². The van der Waals surface area contributed by atoms with E-state index in [-0.39, 0.29) is 11.8 Å². The molecule has 0 saturated heterocycles. The minimum Gasteiger partial charge on any atom is -0.462 e. The lowest BCUT2D eigenvalue weighted by molar-refractivity contribution is 0.0525. The van der Waals surface area contributed by atoms with Crippen LogP contribution in [0.4, 0.5) is 0 Å². The summed E-state index contributed by atoms with van der Waals surface area (Å²) in [5.74, 6) is -0.413. The van der Waals surface area contributed by atoms with E-state index in [1.807, 2.05) is 14.1 Å². The first-order chi connectivity index (χ1) is 8.38. The van der Waals surface area contributed by atoms with Crippen molar-refractivity contribution in [2.45, 2.75) is 20.8 Å². The summed E-state index contributed by atoms with van der Waals surface area (Å²) in [6.07, 6.45) is 0. The number of Topliss-reactive ketones (excluding diaryl/α,β-unsaturated/α-hetero) is 1. The van der Waals surface area contributed by atoms with E-state index in [9.17, 15) is 9.59 Å². The molecule has 0 saturated carbocycles. The molecule has 1 aromatic heterocycles. The summed E-state index contributed by atoms with van der Waals surface area (Å²) in [5, 5.41) is 0. The lowest BCUT2D eigenvalue weighted by Gasteiger charge is -2.07. The minimum atomic E-state index is -0.382. The molecule has 5 nitrogen and oxygen atoms in total. The SMILES string of the molecule is CCOC(=O)c1c(C)[nH]c(C(=O)CN(C)C)c1C. The molecule has 100 valence electrons. The molecule has 18 heavy (non-hydrogen) atoms. The van der Waals surface area contributed by atoms with Crippen LogP contribution >= 0.6 is 0 Å². The number of carbonyl (C=O) groups is 2. The van der Waals surface area contributed by atoms with Crippen molar-refractivity contribution in [1.82, 2.24) is 9.88 Å². The molecule has 0 radical (unpaired) electrons. The van der Waals surface area contributed by atoms with Crippen LogP contribution in [0, 0.1) is 13.8 Å². The van der Waals surface area contributed by atoms with Gasteiger partial charge >= 0.3 is 5.97 Å². The third-order valence-corrected chi connectivity index (χ3v) is 2.66. The number of nitrogens with zero attached hydrogens (tertiary/aromatic N) is 1. The van der Waals surface area contributed by atoms with Gasteiger partial charge in [-0.25, -0.2) is 4.79 Å². The van der Waals surface area contributed by atoms with Gasteiger partial charge < -0.3 is 14.6 Å². The zero-order valence-corrected chi connectivity index (χ0v) is 11.6. The van der Waals surface area contributed by atoms with Crippen LogP contribution in [0.5, 0.6) is 0 Å². The van der Waals surface area contributed by atoms with E-state index in [0.29, 0.717) is 35.7 Å². The van der Waals surface area contributed by atoms with Gasteiger partial charge in [0.2, 0.25) is 0 Å². The summed E-state index contributed by atoms with van der Waals surface area (Å²) in [6.45, 7) is 5.92. The third kappa shape index (κ3) is 2.98. The van der Waals surface area contributed by atoms with E-state index in [1.165, 1.54) is 0 Å². The Balaban J connectivity index is 3.07. The second kappa shape index (κ2) is 5.82. The van der Waals surface area contributed by atoms with Gasteiger partial charge in [0, 0.05) is 5.69 Å². The molecule has 5 heteroatoms. The van der Waals surface area contributed by atoms with Gasteiger partial charge in [-0.3, -0.25) is 4.79 Å². The van der Waals surface area contributed by atoms with Gasteiger partial charge in [0.1, 0.15) is 0 Å². The summed E-state index contributed by atoms with van der Waals surface area (Å²) in [4.78, 5) is 28.6. The molecule has 0 aliphatic heterocycles. The number of aromatic nitrogens is 1. The van der Waals surface area contributed by atoms with Gasteiger partial charge in [0.05, 0.1) is 24.4 Å². The quantitative estimate of drug-likeness (QED) is 0.638. The number of ketones is 1. The van der Waals surface area contributed by atoms with Crippen molar-refractivity contribution in [2.24, 2.45) is 0 Å². The molecule has 0 amide bonds. The van der Waals surface area contributed by atoms with Crippen molar-refractivity contribution < 1.29 is 14.3 Å². The van der Waals surface area contributed by atoms with Crippen molar-refractivity contribution in [3.63, 3.8) is 0 Å². The highest BCUT2D eigenvalue weighted by molar-refractivity contribution is 6.02. The lowest BCUT2D eigenvalue weighted by Crippen LogP contribution is -2.22. The summed E-state index contributed by atoms with van der Waals surface area (Å²) in [6, 6.07) is 0. The number of carbonyl (C=O) groups excluding carboxylic acids is 2. The second-order valence-electron chi connectivity index (χ2n) is 4.51. The van der Waals surface area contributed by atoms with Gasteiger partial charge in [-0.05, 0) is 40.4 Å². The molecule has 0 bridgehead atoms. The van der Waals surface area contributed by atoms with Crippen molar-refractivity contribution in [3.05, 3.63) is 22.5 Å². The third-order valence-electron chi connectivity index (χ3n) is 2.66. The average molecular weight is 252 g/mol. The zero-order valence-electron chi connectivity index (χ0n) is 11.6. The number of hydrogen-bond donors (Lipinski definition) is 1. The molecule has 1 heterocycles. The second-order valence-corrected chi connectivity index (χ2v) is 4.51. The maximum Gasteiger partial charge on any atom is 0.340 e. The lowest BCUT2D eigenvalue weighted by atomic mass is 10.1. The van der Waals surface area contributed by atoms with Crippen LogP contribution in [-0.4, -0.2) is 48.9 Å². The molecular weight excluding hydrogens is 232 g/mol. The Labute approximate surface area is 107 Å². The number of hydrogen-bond acceptors (Lipinski definition) is 4. The summed E-state index contributed by atoms with van der Waals surface area (Å²) >= 11 is 0. The van der Waals surface area contributed by atoms with Gasteiger partial charge in [0.25, 0.3) is 0 Å². The van der Waals surface area contributed by atoms with Crippen molar-refractivity contribution >= 4 is 11.8 Å². The Morgan fingerprint density at radius 3 is 2.39 bits per heavy atom. The molecule has 0 atom stereocenters. The summed E-state index contributed by atoms with van der Waals surface area (Å²) in [7, 11) is 3.66. The van der Waals surface area contributed by atoms with Crippen LogP contribution < -0.4 is 0 Å². The first-order valence-electron chi connectivity index (χ1n) is 5.92. The molecule has 0 unspecified atom stereocenters. The predicted molar refractivity (Wildman–Crippen MR) is 69.1 cm³/mol. The first-order valence-corrected chi connectivity index (χ1v) is 5.92. The number of nitrogens with one attached hydrogen (secondary N) is 1. The number of esters is 1. The summed E-state index contributed by atoms with van der Waals surface area (Å²) < 4.78 is 4.98. The zero-order chi connectivity index (χ0) is 13.9. The van der Waals surface area contributed by atoms with Crippen LogP contribution in [0.1, 0.15) is 39.0 Å². The highest BCUT2D eigenvalue weighted by Gasteiger charge is 2.22. The summed E-state index contributed by atoms with van der Waals surface area (Å²) in [5.41, 5.74) is 2.30. The number of likely N-dealkylation sites (N-methyl/N-ethyl adjacent to an activating group) is 1. The van der Waals surface area contributed by atoms with Gasteiger partial charge in [-0.1, -0.05) is 0 Å². The van der Waals surface area contributed by atoms with E-state index in [1.54, 1.807) is 25.7 Å². The van der Waals surface area contributed by atoms with E-state index >= 15 is 0 Å². The van der Waals surface area contributed by atoms with E-state index in [0.717, 1.165) is 0 Å². The van der Waals surface area contributed by atoms with Crippen molar-refractivity contribution in [2.75, 3.05) is 27.2 Å². The Morgan fingerprint density at radius 1 is 1.28 bits per heavy atom. The molecule has 0 aliphatic rings. The molecule has 1 rings (SSSR count). The molecule has 0 aliphatic carbocycles. The molecule has 0 fully saturated rings. The number of aromatic amines is 1. The number of aryl methyl sites for hydroxylation is 1. The average Bonchev–Trinajstić information content (AvgIpc) is 2.53. The van der Waals surface area contributed by atoms with Crippen molar-refractivity contribution in [1.29, 1.82) is 0 Å². The van der Waals surface area contributed by atoms with Crippen LogP contribution in [0.2, 0.25) is 0 Å². The maximum absolute atomic E-state index is 12.0. The largest absolute Gasteiger partial charge is 0.462 e. The molecule has 1 N–H and O–H groups in total. The molecular formula is C13H20N2O3. The fraction of sp³-hybridized carbons (Fsp3) is 0.538. The van der Waals surface area contributed by atoms with E-state index < -0.39 is 0 Å². The molecule has 0 aromatic carbocycles. The number of H-pyrrole nitrogens is 1. The van der Waals surface area contributed by atoms with E-state index in [2.05, 4.69) is 4.98 Å². The molecule has 1 aromatic rings. The maximum atomic E-state index is 12.0. The normalized spacial score (nSPS) is 10.8.